The van der Waals surface area contributed by atoms with E-state index >= 15 is 0 Å². The summed E-state index contributed by atoms with van der Waals surface area (Å²) in [5.41, 5.74) is 13.7. The van der Waals surface area contributed by atoms with Gasteiger partial charge >= 0.3 is 0 Å². The molecule has 7 heteroatoms. The van der Waals surface area contributed by atoms with Gasteiger partial charge in [0.1, 0.15) is 5.60 Å². The summed E-state index contributed by atoms with van der Waals surface area (Å²) in [6.45, 7) is 1.87. The normalized spacial score (nSPS) is 18.1. The quantitative estimate of drug-likeness (QED) is 0.672. The number of nitrogens with zero attached hydrogens (tertiary/aromatic N) is 2. The molecule has 0 spiro atoms. The standard InChI is InChI=1S/C22H26N4O3/c23-19(24)17-5-1-15(2-6-17)16-3-7-18(8-4-16)20(27)25-11-13-26(14-12-25)21(28)22(29)9-10-22/h1-8,19,29H,9-14,23-24H2. The van der Waals surface area contributed by atoms with Crippen molar-refractivity contribution in [3.8, 4) is 11.1 Å². The molecule has 2 amide bonds. The summed E-state index contributed by atoms with van der Waals surface area (Å²) < 4.78 is 0. The number of hydrogen-bond acceptors (Lipinski definition) is 5. The summed E-state index contributed by atoms with van der Waals surface area (Å²) >= 11 is 0. The van der Waals surface area contributed by atoms with Crippen molar-refractivity contribution in [2.45, 2.75) is 24.6 Å². The summed E-state index contributed by atoms with van der Waals surface area (Å²) in [6.07, 6.45) is 0.588. The second-order valence-electron chi connectivity index (χ2n) is 7.84. The van der Waals surface area contributed by atoms with Crippen molar-refractivity contribution in [1.29, 1.82) is 0 Å². The lowest BCUT2D eigenvalue weighted by Gasteiger charge is -2.35. The van der Waals surface area contributed by atoms with Crippen LogP contribution in [0.25, 0.3) is 11.1 Å². The Labute approximate surface area is 169 Å². The number of benzene rings is 2. The first kappa shape index (κ1) is 19.6. The van der Waals surface area contributed by atoms with Crippen LogP contribution in [0.4, 0.5) is 0 Å². The van der Waals surface area contributed by atoms with Crippen molar-refractivity contribution in [3.05, 3.63) is 59.7 Å². The van der Waals surface area contributed by atoms with Crippen molar-refractivity contribution in [2.24, 2.45) is 11.5 Å². The molecular formula is C22H26N4O3. The van der Waals surface area contributed by atoms with E-state index in [1.165, 1.54) is 0 Å². The lowest BCUT2D eigenvalue weighted by atomic mass is 10.0. The molecule has 0 atom stereocenters. The lowest BCUT2D eigenvalue weighted by molar-refractivity contribution is -0.143. The molecule has 1 aliphatic carbocycles. The van der Waals surface area contributed by atoms with Gasteiger partial charge in [0.15, 0.2) is 0 Å². The molecule has 4 rings (SSSR count). The molecule has 7 nitrogen and oxygen atoms in total. The van der Waals surface area contributed by atoms with Gasteiger partial charge in [-0.1, -0.05) is 36.4 Å². The molecule has 1 heterocycles. The number of rotatable bonds is 4. The number of carbonyl (C=O) groups is 2. The van der Waals surface area contributed by atoms with Crippen LogP contribution >= 0.6 is 0 Å². The fraction of sp³-hybridized carbons (Fsp3) is 0.364. The zero-order valence-corrected chi connectivity index (χ0v) is 16.3. The zero-order valence-electron chi connectivity index (χ0n) is 16.3. The highest BCUT2D eigenvalue weighted by Gasteiger charge is 2.50. The van der Waals surface area contributed by atoms with Crippen molar-refractivity contribution >= 4 is 11.8 Å². The highest BCUT2D eigenvalue weighted by atomic mass is 16.3. The van der Waals surface area contributed by atoms with Crippen molar-refractivity contribution in [3.63, 3.8) is 0 Å². The average molecular weight is 394 g/mol. The van der Waals surface area contributed by atoms with Gasteiger partial charge in [0.05, 0.1) is 6.17 Å². The fourth-order valence-electron chi connectivity index (χ4n) is 3.62. The molecule has 2 aromatic carbocycles. The van der Waals surface area contributed by atoms with Crippen LogP contribution in [0.15, 0.2) is 48.5 Å². The van der Waals surface area contributed by atoms with E-state index in [4.69, 9.17) is 11.5 Å². The van der Waals surface area contributed by atoms with Crippen molar-refractivity contribution < 1.29 is 14.7 Å². The largest absolute Gasteiger partial charge is 0.380 e. The van der Waals surface area contributed by atoms with E-state index in [1.807, 2.05) is 48.5 Å². The number of amides is 2. The van der Waals surface area contributed by atoms with Gasteiger partial charge in [0, 0.05) is 31.7 Å². The predicted octanol–water partition coefficient (Wildman–Crippen LogP) is 1.08. The molecule has 152 valence electrons. The molecule has 1 saturated carbocycles. The van der Waals surface area contributed by atoms with Crippen LogP contribution in [-0.2, 0) is 4.79 Å². The van der Waals surface area contributed by atoms with Gasteiger partial charge in [-0.15, -0.1) is 0 Å². The fourth-order valence-corrected chi connectivity index (χ4v) is 3.62. The molecule has 1 aliphatic heterocycles. The van der Waals surface area contributed by atoms with Gasteiger partial charge in [-0.3, -0.25) is 9.59 Å². The molecule has 0 aromatic heterocycles. The summed E-state index contributed by atoms with van der Waals surface area (Å²) in [5, 5.41) is 9.98. The monoisotopic (exact) mass is 394 g/mol. The number of aliphatic hydroxyl groups is 1. The van der Waals surface area contributed by atoms with E-state index in [1.54, 1.807) is 9.80 Å². The Morgan fingerprint density at radius 2 is 1.31 bits per heavy atom. The van der Waals surface area contributed by atoms with Gasteiger partial charge < -0.3 is 26.4 Å². The maximum atomic E-state index is 12.8. The highest BCUT2D eigenvalue weighted by Crippen LogP contribution is 2.37. The van der Waals surface area contributed by atoms with E-state index in [2.05, 4.69) is 0 Å². The Kier molecular flexibility index (Phi) is 5.12. The van der Waals surface area contributed by atoms with Gasteiger partial charge in [-0.2, -0.15) is 0 Å². The minimum Gasteiger partial charge on any atom is -0.380 e. The third-order valence-corrected chi connectivity index (χ3v) is 5.74. The Morgan fingerprint density at radius 1 is 0.828 bits per heavy atom. The molecule has 29 heavy (non-hydrogen) atoms. The Hall–Kier alpha value is -2.74. The van der Waals surface area contributed by atoms with E-state index in [9.17, 15) is 14.7 Å². The van der Waals surface area contributed by atoms with Crippen LogP contribution in [0.3, 0.4) is 0 Å². The maximum Gasteiger partial charge on any atom is 0.254 e. The van der Waals surface area contributed by atoms with Crippen LogP contribution < -0.4 is 11.5 Å². The summed E-state index contributed by atoms with van der Waals surface area (Å²) in [6, 6.07) is 15.2. The molecule has 5 N–H and O–H groups in total. The van der Waals surface area contributed by atoms with Crippen LogP contribution in [0, 0.1) is 0 Å². The number of nitrogens with two attached hydrogens (primary N) is 2. The third kappa shape index (κ3) is 4.03. The Morgan fingerprint density at radius 3 is 1.79 bits per heavy atom. The SMILES string of the molecule is NC(N)c1ccc(-c2ccc(C(=O)N3CCN(C(=O)C4(O)CC4)CC3)cc2)cc1. The summed E-state index contributed by atoms with van der Waals surface area (Å²) in [4.78, 5) is 28.4. The first-order valence-electron chi connectivity index (χ1n) is 9.90. The molecule has 2 aliphatic rings. The molecule has 0 bridgehead atoms. The van der Waals surface area contributed by atoms with Gasteiger partial charge in [0.2, 0.25) is 0 Å². The van der Waals surface area contributed by atoms with E-state index in [0.29, 0.717) is 44.6 Å². The van der Waals surface area contributed by atoms with Gasteiger partial charge in [-0.05, 0) is 41.7 Å². The van der Waals surface area contributed by atoms with Crippen LogP contribution in [0.5, 0.6) is 0 Å². The number of piperazine rings is 1. The highest BCUT2D eigenvalue weighted by molar-refractivity contribution is 5.95. The minimum atomic E-state index is -1.14. The second-order valence-corrected chi connectivity index (χ2v) is 7.84. The van der Waals surface area contributed by atoms with Crippen molar-refractivity contribution in [2.75, 3.05) is 26.2 Å². The topological polar surface area (TPSA) is 113 Å². The molecule has 2 aromatic rings. The number of hydrogen-bond donors (Lipinski definition) is 3. The van der Waals surface area contributed by atoms with Crippen LogP contribution in [0.2, 0.25) is 0 Å². The second kappa shape index (κ2) is 7.59. The maximum absolute atomic E-state index is 12.8. The average Bonchev–Trinajstić information content (AvgIpc) is 3.51. The third-order valence-electron chi connectivity index (χ3n) is 5.74. The summed E-state index contributed by atoms with van der Waals surface area (Å²) in [7, 11) is 0. The molecule has 1 saturated heterocycles. The van der Waals surface area contributed by atoms with E-state index < -0.39 is 11.8 Å². The van der Waals surface area contributed by atoms with Crippen LogP contribution in [0.1, 0.15) is 34.9 Å². The van der Waals surface area contributed by atoms with E-state index in [0.717, 1.165) is 16.7 Å². The number of carbonyl (C=O) groups excluding carboxylic acids is 2. The van der Waals surface area contributed by atoms with E-state index in [-0.39, 0.29) is 11.8 Å². The molecular weight excluding hydrogens is 368 g/mol. The van der Waals surface area contributed by atoms with Gasteiger partial charge in [0.25, 0.3) is 11.8 Å². The summed E-state index contributed by atoms with van der Waals surface area (Å²) in [5.74, 6) is -0.242. The van der Waals surface area contributed by atoms with Crippen molar-refractivity contribution in [1.82, 2.24) is 9.80 Å². The Bertz CT molecular complexity index is 897. The first-order valence-corrected chi connectivity index (χ1v) is 9.90. The minimum absolute atomic E-state index is 0.0433. The Balaban J connectivity index is 1.38. The van der Waals surface area contributed by atoms with Crippen LogP contribution in [-0.4, -0.2) is 58.5 Å². The molecule has 0 radical (unpaired) electrons. The molecule has 2 fully saturated rings. The smallest absolute Gasteiger partial charge is 0.254 e. The van der Waals surface area contributed by atoms with Gasteiger partial charge in [-0.25, -0.2) is 0 Å². The molecule has 0 unspecified atom stereocenters. The predicted molar refractivity (Wildman–Crippen MR) is 110 cm³/mol. The lowest BCUT2D eigenvalue weighted by Crippen LogP contribution is -2.53. The first-order chi connectivity index (χ1) is 13.9. The zero-order chi connectivity index (χ0) is 20.6.